The van der Waals surface area contributed by atoms with E-state index in [2.05, 4.69) is 10.3 Å². The highest BCUT2D eigenvalue weighted by atomic mass is 35.5. The number of nitrogens with one attached hydrogen (secondary N) is 1. The van der Waals surface area contributed by atoms with Crippen molar-refractivity contribution < 1.29 is 4.79 Å². The van der Waals surface area contributed by atoms with E-state index in [0.717, 1.165) is 16.0 Å². The largest absolute Gasteiger partial charge is 0.298 e. The standard InChI is InChI=1S/C19H12Cl4N2OS/c20-13-3-5-15(21)12(8-13)9-14-10-24-19(27-14)25-18(26)6-2-11-1-4-16(22)17(23)7-11/h1-8,10H,9H2,(H,24,25,26). The van der Waals surface area contributed by atoms with E-state index in [0.29, 0.717) is 31.6 Å². The van der Waals surface area contributed by atoms with Crippen LogP contribution >= 0.6 is 57.7 Å². The lowest BCUT2D eigenvalue weighted by molar-refractivity contribution is -0.111. The van der Waals surface area contributed by atoms with E-state index in [1.54, 1.807) is 42.6 Å². The van der Waals surface area contributed by atoms with E-state index in [1.807, 2.05) is 6.07 Å². The van der Waals surface area contributed by atoms with Gasteiger partial charge in [0.1, 0.15) is 0 Å². The molecule has 0 fully saturated rings. The van der Waals surface area contributed by atoms with Crippen LogP contribution in [0.15, 0.2) is 48.7 Å². The van der Waals surface area contributed by atoms with Crippen molar-refractivity contribution in [1.29, 1.82) is 0 Å². The van der Waals surface area contributed by atoms with Crippen LogP contribution in [-0.2, 0) is 11.2 Å². The van der Waals surface area contributed by atoms with Gasteiger partial charge < -0.3 is 0 Å². The predicted octanol–water partition coefficient (Wildman–Crippen LogP) is 7.00. The Morgan fingerprint density at radius 1 is 1.04 bits per heavy atom. The first kappa shape index (κ1) is 20.2. The van der Waals surface area contributed by atoms with Gasteiger partial charge in [-0.25, -0.2) is 4.98 Å². The van der Waals surface area contributed by atoms with Crippen molar-refractivity contribution in [3.8, 4) is 0 Å². The lowest BCUT2D eigenvalue weighted by atomic mass is 10.1. The van der Waals surface area contributed by atoms with E-state index >= 15 is 0 Å². The first-order chi connectivity index (χ1) is 12.9. The molecule has 0 spiro atoms. The van der Waals surface area contributed by atoms with Crippen LogP contribution < -0.4 is 5.32 Å². The van der Waals surface area contributed by atoms with Crippen LogP contribution in [0, 0.1) is 0 Å². The Kier molecular flexibility index (Phi) is 6.79. The molecule has 1 N–H and O–H groups in total. The molecule has 1 amide bonds. The number of thiazole rings is 1. The lowest BCUT2D eigenvalue weighted by Crippen LogP contribution is -2.07. The molecule has 0 saturated heterocycles. The van der Waals surface area contributed by atoms with Gasteiger partial charge in [0.2, 0.25) is 5.91 Å². The molecule has 0 saturated carbocycles. The molecule has 0 aliphatic rings. The normalized spacial score (nSPS) is 11.1. The lowest BCUT2D eigenvalue weighted by Gasteiger charge is -2.02. The first-order valence-corrected chi connectivity index (χ1v) is 10.1. The van der Waals surface area contributed by atoms with Gasteiger partial charge in [-0.15, -0.1) is 11.3 Å². The minimum Gasteiger partial charge on any atom is -0.298 e. The second kappa shape index (κ2) is 9.09. The summed E-state index contributed by atoms with van der Waals surface area (Å²) in [6.45, 7) is 0. The molecule has 0 radical (unpaired) electrons. The predicted molar refractivity (Wildman–Crippen MR) is 116 cm³/mol. The number of hydrogen-bond acceptors (Lipinski definition) is 3. The molecular formula is C19H12Cl4N2OS. The number of carbonyl (C=O) groups excluding carboxylic acids is 1. The third-order valence-corrected chi connectivity index (χ3v) is 5.78. The Balaban J connectivity index is 1.63. The average Bonchev–Trinajstić information content (AvgIpc) is 3.06. The molecule has 27 heavy (non-hydrogen) atoms. The Bertz CT molecular complexity index is 1020. The van der Waals surface area contributed by atoms with Crippen LogP contribution in [0.1, 0.15) is 16.0 Å². The zero-order chi connectivity index (χ0) is 19.4. The molecule has 0 aliphatic carbocycles. The van der Waals surface area contributed by atoms with Gasteiger partial charge in [0.25, 0.3) is 0 Å². The number of hydrogen-bond donors (Lipinski definition) is 1. The van der Waals surface area contributed by atoms with Gasteiger partial charge in [-0.2, -0.15) is 0 Å². The molecule has 1 aromatic heterocycles. The third-order valence-electron chi connectivity index (χ3n) is 3.53. The van der Waals surface area contributed by atoms with Crippen LogP contribution in [0.3, 0.4) is 0 Å². The van der Waals surface area contributed by atoms with E-state index in [1.165, 1.54) is 17.4 Å². The fourth-order valence-corrected chi connectivity index (χ4v) is 3.77. The molecule has 0 bridgehead atoms. The molecule has 3 nitrogen and oxygen atoms in total. The molecule has 0 aliphatic heterocycles. The van der Waals surface area contributed by atoms with E-state index in [-0.39, 0.29) is 5.91 Å². The summed E-state index contributed by atoms with van der Waals surface area (Å²) in [4.78, 5) is 17.3. The van der Waals surface area contributed by atoms with Gasteiger partial charge in [0, 0.05) is 33.6 Å². The zero-order valence-electron chi connectivity index (χ0n) is 13.7. The number of amides is 1. The number of anilines is 1. The number of carbonyl (C=O) groups is 1. The van der Waals surface area contributed by atoms with Crippen LogP contribution in [0.4, 0.5) is 5.13 Å². The van der Waals surface area contributed by atoms with Crippen LogP contribution in [-0.4, -0.2) is 10.9 Å². The van der Waals surface area contributed by atoms with Crippen molar-refractivity contribution in [3.63, 3.8) is 0 Å². The highest BCUT2D eigenvalue weighted by molar-refractivity contribution is 7.15. The second-order valence-corrected chi connectivity index (χ2v) is 8.31. The Hall–Kier alpha value is -1.56. The minimum atomic E-state index is -0.289. The summed E-state index contributed by atoms with van der Waals surface area (Å²) in [6.07, 6.45) is 5.36. The van der Waals surface area contributed by atoms with Gasteiger partial charge in [-0.3, -0.25) is 10.1 Å². The van der Waals surface area contributed by atoms with Crippen molar-refractivity contribution in [2.24, 2.45) is 0 Å². The van der Waals surface area contributed by atoms with Gasteiger partial charge >= 0.3 is 0 Å². The summed E-state index contributed by atoms with van der Waals surface area (Å²) in [5.74, 6) is -0.289. The molecule has 0 atom stereocenters. The molecule has 2 aromatic carbocycles. The third kappa shape index (κ3) is 5.71. The number of halogens is 4. The summed E-state index contributed by atoms with van der Waals surface area (Å²) in [7, 11) is 0. The number of nitrogens with zero attached hydrogens (tertiary/aromatic N) is 1. The topological polar surface area (TPSA) is 42.0 Å². The van der Waals surface area contributed by atoms with Gasteiger partial charge in [-0.1, -0.05) is 52.5 Å². The van der Waals surface area contributed by atoms with E-state index in [4.69, 9.17) is 46.4 Å². The number of benzene rings is 2. The maximum atomic E-state index is 12.1. The van der Waals surface area contributed by atoms with Crippen molar-refractivity contribution >= 4 is 74.9 Å². The molecule has 3 rings (SSSR count). The van der Waals surface area contributed by atoms with Gasteiger partial charge in [0.05, 0.1) is 10.0 Å². The number of aromatic nitrogens is 1. The quantitative estimate of drug-likeness (QED) is 0.419. The van der Waals surface area contributed by atoms with Crippen molar-refractivity contribution in [3.05, 3.63) is 84.8 Å². The van der Waals surface area contributed by atoms with Gasteiger partial charge in [-0.05, 0) is 47.5 Å². The van der Waals surface area contributed by atoms with Gasteiger partial charge in [0.15, 0.2) is 5.13 Å². The average molecular weight is 458 g/mol. The summed E-state index contributed by atoms with van der Waals surface area (Å²) in [6, 6.07) is 10.5. The first-order valence-electron chi connectivity index (χ1n) is 7.73. The van der Waals surface area contributed by atoms with Crippen LogP contribution in [0.2, 0.25) is 20.1 Å². The zero-order valence-corrected chi connectivity index (χ0v) is 17.5. The molecule has 0 unspecified atom stereocenters. The molecular weight excluding hydrogens is 446 g/mol. The fourth-order valence-electron chi connectivity index (χ4n) is 2.25. The molecule has 138 valence electrons. The summed E-state index contributed by atoms with van der Waals surface area (Å²) in [5, 5.41) is 5.41. The molecule has 1 heterocycles. The van der Waals surface area contributed by atoms with Crippen molar-refractivity contribution in [1.82, 2.24) is 4.98 Å². The van der Waals surface area contributed by atoms with Crippen LogP contribution in [0.5, 0.6) is 0 Å². The Labute approximate surface area is 180 Å². The highest BCUT2D eigenvalue weighted by Crippen LogP contribution is 2.27. The minimum absolute atomic E-state index is 0.289. The Morgan fingerprint density at radius 2 is 1.81 bits per heavy atom. The van der Waals surface area contributed by atoms with Crippen molar-refractivity contribution in [2.75, 3.05) is 5.32 Å². The fraction of sp³-hybridized carbons (Fsp3) is 0.0526. The molecule has 3 aromatic rings. The molecule has 8 heteroatoms. The maximum absolute atomic E-state index is 12.1. The summed E-state index contributed by atoms with van der Waals surface area (Å²) < 4.78 is 0. The highest BCUT2D eigenvalue weighted by Gasteiger charge is 2.08. The summed E-state index contributed by atoms with van der Waals surface area (Å²) >= 11 is 25.4. The maximum Gasteiger partial charge on any atom is 0.250 e. The number of rotatable bonds is 5. The van der Waals surface area contributed by atoms with Crippen LogP contribution in [0.25, 0.3) is 6.08 Å². The van der Waals surface area contributed by atoms with E-state index in [9.17, 15) is 4.79 Å². The Morgan fingerprint density at radius 3 is 2.59 bits per heavy atom. The van der Waals surface area contributed by atoms with E-state index < -0.39 is 0 Å². The smallest absolute Gasteiger partial charge is 0.250 e. The van der Waals surface area contributed by atoms with Crippen molar-refractivity contribution in [2.45, 2.75) is 6.42 Å². The monoisotopic (exact) mass is 456 g/mol. The SMILES string of the molecule is O=C(C=Cc1ccc(Cl)c(Cl)c1)Nc1ncc(Cc2cc(Cl)ccc2Cl)s1. The second-order valence-electron chi connectivity index (χ2n) is 5.54. The summed E-state index contributed by atoms with van der Waals surface area (Å²) in [5.41, 5.74) is 1.68.